The van der Waals surface area contributed by atoms with E-state index < -0.39 is 0 Å². The molecule has 3 rings (SSSR count). The molecule has 0 aliphatic heterocycles. The smallest absolute Gasteiger partial charge is 0.198 e. The van der Waals surface area contributed by atoms with E-state index in [2.05, 4.69) is 0 Å². The van der Waals surface area contributed by atoms with Gasteiger partial charge in [-0.05, 0) is 18.9 Å². The fourth-order valence-corrected chi connectivity index (χ4v) is 2.61. The number of rotatable bonds is 5. The van der Waals surface area contributed by atoms with Crippen molar-refractivity contribution in [2.75, 3.05) is 13.3 Å². The zero-order valence-corrected chi connectivity index (χ0v) is 12.0. The number of halogens is 1. The number of benzene rings is 2. The predicted molar refractivity (Wildman–Crippen MR) is 80.5 cm³/mol. The summed E-state index contributed by atoms with van der Waals surface area (Å²) in [5.41, 5.74) is 1.51. The zero-order valence-electron chi connectivity index (χ0n) is 12.0. The molecule has 4 heteroatoms. The predicted octanol–water partition coefficient (Wildman–Crippen LogP) is 3.59. The third kappa shape index (κ3) is 2.41. The minimum atomic E-state index is -0.388. The van der Waals surface area contributed by atoms with Crippen molar-refractivity contribution >= 4 is 11.6 Å². The minimum absolute atomic E-state index is 0.167. The molecule has 0 spiro atoms. The minimum Gasteiger partial charge on any atom is -0.493 e. The topological polar surface area (TPSA) is 43.4 Å². The first-order valence-electron chi connectivity index (χ1n) is 7.24. The molecule has 0 amide bonds. The Labute approximate surface area is 127 Å². The van der Waals surface area contributed by atoms with Gasteiger partial charge in [0.1, 0.15) is 5.75 Å². The second-order valence-corrected chi connectivity index (χ2v) is 5.13. The van der Waals surface area contributed by atoms with Crippen molar-refractivity contribution in [1.82, 2.24) is 0 Å². The van der Waals surface area contributed by atoms with Crippen molar-refractivity contribution < 1.29 is 18.7 Å². The number of ether oxygens (including phenoxy) is 1. The number of hydrogen-bond acceptors (Lipinski definition) is 3. The van der Waals surface area contributed by atoms with Gasteiger partial charge in [0, 0.05) is 16.7 Å². The van der Waals surface area contributed by atoms with Crippen LogP contribution in [0.3, 0.4) is 0 Å². The number of ketones is 2. The van der Waals surface area contributed by atoms with Crippen molar-refractivity contribution in [3.05, 3.63) is 64.7 Å². The maximum atomic E-state index is 12.7. The molecule has 0 saturated carbocycles. The summed E-state index contributed by atoms with van der Waals surface area (Å²) in [7, 11) is 0. The molecule has 3 nitrogen and oxygen atoms in total. The number of fused-ring (bicyclic) bond motifs is 2. The molecule has 0 radical (unpaired) electrons. The number of alkyl halides is 1. The molecule has 2 aromatic carbocycles. The van der Waals surface area contributed by atoms with E-state index in [0.717, 1.165) is 0 Å². The fourth-order valence-electron chi connectivity index (χ4n) is 2.61. The standard InChI is InChI=1S/C18H15FO3/c19-10-3-4-11-22-15-9-5-8-14-16(15)18(21)13-7-2-1-6-12(13)17(14)20/h1-2,5-9H,3-4,10-11H2. The Hall–Kier alpha value is -2.49. The first-order valence-corrected chi connectivity index (χ1v) is 7.24. The highest BCUT2D eigenvalue weighted by Gasteiger charge is 2.31. The summed E-state index contributed by atoms with van der Waals surface area (Å²) in [4.78, 5) is 25.2. The first kappa shape index (κ1) is 14.4. The summed E-state index contributed by atoms with van der Waals surface area (Å²) in [5.74, 6) is 0.0231. The van der Waals surface area contributed by atoms with Crippen molar-refractivity contribution in [2.45, 2.75) is 12.8 Å². The molecule has 22 heavy (non-hydrogen) atoms. The molecular formula is C18H15FO3. The van der Waals surface area contributed by atoms with Crippen LogP contribution in [0.25, 0.3) is 0 Å². The molecule has 0 fully saturated rings. The normalized spacial score (nSPS) is 12.8. The highest BCUT2D eigenvalue weighted by Crippen LogP contribution is 2.33. The Morgan fingerprint density at radius 2 is 1.50 bits per heavy atom. The van der Waals surface area contributed by atoms with Gasteiger partial charge in [0.25, 0.3) is 0 Å². The summed E-state index contributed by atoms with van der Waals surface area (Å²) in [6.07, 6.45) is 0.990. The van der Waals surface area contributed by atoms with Crippen LogP contribution < -0.4 is 4.74 Å². The molecule has 1 aliphatic rings. The van der Waals surface area contributed by atoms with E-state index in [1.807, 2.05) is 0 Å². The summed E-state index contributed by atoms with van der Waals surface area (Å²) in [5, 5.41) is 0. The van der Waals surface area contributed by atoms with Crippen LogP contribution in [-0.4, -0.2) is 24.8 Å². The number of carbonyl (C=O) groups is 2. The maximum absolute atomic E-state index is 12.7. The first-order chi connectivity index (χ1) is 10.7. The van der Waals surface area contributed by atoms with Crippen LogP contribution >= 0.6 is 0 Å². The Balaban J connectivity index is 1.98. The van der Waals surface area contributed by atoms with Crippen LogP contribution in [0.2, 0.25) is 0 Å². The van der Waals surface area contributed by atoms with Gasteiger partial charge in [0.2, 0.25) is 0 Å². The van der Waals surface area contributed by atoms with E-state index >= 15 is 0 Å². The lowest BCUT2D eigenvalue weighted by Crippen LogP contribution is -2.21. The monoisotopic (exact) mass is 298 g/mol. The molecule has 0 unspecified atom stereocenters. The van der Waals surface area contributed by atoms with Crippen LogP contribution in [0, 0.1) is 0 Å². The second kappa shape index (κ2) is 6.10. The van der Waals surface area contributed by atoms with E-state index in [4.69, 9.17) is 4.74 Å². The Bertz CT molecular complexity index is 737. The van der Waals surface area contributed by atoms with Crippen molar-refractivity contribution in [3.63, 3.8) is 0 Å². The van der Waals surface area contributed by atoms with E-state index in [1.54, 1.807) is 42.5 Å². The summed E-state index contributed by atoms with van der Waals surface area (Å²) in [6.45, 7) is -0.0649. The molecule has 0 atom stereocenters. The van der Waals surface area contributed by atoms with Crippen LogP contribution in [0.4, 0.5) is 4.39 Å². The third-order valence-electron chi connectivity index (χ3n) is 3.70. The second-order valence-electron chi connectivity index (χ2n) is 5.13. The number of carbonyl (C=O) groups excluding carboxylic acids is 2. The van der Waals surface area contributed by atoms with Gasteiger partial charge >= 0.3 is 0 Å². The van der Waals surface area contributed by atoms with Gasteiger partial charge in [-0.2, -0.15) is 0 Å². The molecule has 0 heterocycles. The summed E-state index contributed by atoms with van der Waals surface area (Å²) >= 11 is 0. The van der Waals surface area contributed by atoms with Gasteiger partial charge in [-0.25, -0.2) is 0 Å². The quantitative estimate of drug-likeness (QED) is 0.676. The molecule has 112 valence electrons. The molecule has 0 saturated heterocycles. The van der Waals surface area contributed by atoms with Crippen molar-refractivity contribution in [2.24, 2.45) is 0 Å². The molecular weight excluding hydrogens is 283 g/mol. The van der Waals surface area contributed by atoms with Crippen molar-refractivity contribution in [1.29, 1.82) is 0 Å². The molecule has 0 aromatic heterocycles. The van der Waals surface area contributed by atoms with Gasteiger partial charge in [0.15, 0.2) is 11.6 Å². The van der Waals surface area contributed by atoms with Gasteiger partial charge in [-0.1, -0.05) is 36.4 Å². The average Bonchev–Trinajstić information content (AvgIpc) is 2.56. The van der Waals surface area contributed by atoms with E-state index in [-0.39, 0.29) is 18.2 Å². The molecule has 2 aromatic rings. The molecule has 0 N–H and O–H groups in total. The Kier molecular flexibility index (Phi) is 4.00. The van der Waals surface area contributed by atoms with E-state index in [9.17, 15) is 14.0 Å². The largest absolute Gasteiger partial charge is 0.493 e. The van der Waals surface area contributed by atoms with Gasteiger partial charge in [0.05, 0.1) is 18.8 Å². The maximum Gasteiger partial charge on any atom is 0.198 e. The molecule has 0 bridgehead atoms. The SMILES string of the molecule is O=C1c2ccccc2C(=O)c2c(OCCCCF)cccc21. The average molecular weight is 298 g/mol. The van der Waals surface area contributed by atoms with Gasteiger partial charge in [-0.15, -0.1) is 0 Å². The lowest BCUT2D eigenvalue weighted by Gasteiger charge is -2.20. The van der Waals surface area contributed by atoms with Gasteiger partial charge in [-0.3, -0.25) is 14.0 Å². The third-order valence-corrected chi connectivity index (χ3v) is 3.70. The number of hydrogen-bond donors (Lipinski definition) is 0. The van der Waals surface area contributed by atoms with E-state index in [0.29, 0.717) is 47.5 Å². The van der Waals surface area contributed by atoms with Crippen LogP contribution in [-0.2, 0) is 0 Å². The lowest BCUT2D eigenvalue weighted by atomic mass is 9.83. The Morgan fingerprint density at radius 3 is 2.23 bits per heavy atom. The highest BCUT2D eigenvalue weighted by molar-refractivity contribution is 6.29. The van der Waals surface area contributed by atoms with Crippen LogP contribution in [0.1, 0.15) is 44.7 Å². The zero-order chi connectivity index (χ0) is 15.5. The van der Waals surface area contributed by atoms with Crippen LogP contribution in [0.5, 0.6) is 5.75 Å². The highest BCUT2D eigenvalue weighted by atomic mass is 19.1. The van der Waals surface area contributed by atoms with Crippen LogP contribution in [0.15, 0.2) is 42.5 Å². The number of unbranched alkanes of at least 4 members (excludes halogenated alkanes) is 1. The summed E-state index contributed by atoms with van der Waals surface area (Å²) < 4.78 is 17.7. The molecule has 1 aliphatic carbocycles. The lowest BCUT2D eigenvalue weighted by molar-refractivity contribution is 0.0975. The fraction of sp³-hybridized carbons (Fsp3) is 0.222. The summed E-state index contributed by atoms with van der Waals surface area (Å²) in [6, 6.07) is 11.8. The van der Waals surface area contributed by atoms with Crippen molar-refractivity contribution in [3.8, 4) is 5.75 Å². The Morgan fingerprint density at radius 1 is 0.818 bits per heavy atom. The van der Waals surface area contributed by atoms with Gasteiger partial charge < -0.3 is 4.74 Å². The van der Waals surface area contributed by atoms with E-state index in [1.165, 1.54) is 0 Å².